The molecule has 0 bridgehead atoms. The first-order valence-electron chi connectivity index (χ1n) is 5.99. The molecule has 2 nitrogen and oxygen atoms in total. The summed E-state index contributed by atoms with van der Waals surface area (Å²) in [6.07, 6.45) is -1.93. The Bertz CT molecular complexity index is 433. The quantitative estimate of drug-likeness (QED) is 0.779. The summed E-state index contributed by atoms with van der Waals surface area (Å²) in [5.41, 5.74) is 1.11. The van der Waals surface area contributed by atoms with E-state index < -0.39 is 13.0 Å². The van der Waals surface area contributed by atoms with Crippen LogP contribution in [0, 0.1) is 0 Å². The number of halogens is 3. The van der Waals surface area contributed by atoms with Crippen molar-refractivity contribution in [1.82, 2.24) is 4.90 Å². The van der Waals surface area contributed by atoms with Crippen LogP contribution in [0.25, 0.3) is 0 Å². The molecule has 1 aromatic rings. The molecular formula is C13H14ClF2NOS. The first-order chi connectivity index (χ1) is 9.11. The molecule has 104 valence electrons. The molecule has 0 fully saturated rings. The number of thioether (sulfide) groups is 1. The van der Waals surface area contributed by atoms with Gasteiger partial charge in [0.05, 0.1) is 11.8 Å². The maximum absolute atomic E-state index is 12.5. The zero-order valence-electron chi connectivity index (χ0n) is 10.2. The monoisotopic (exact) mass is 305 g/mol. The smallest absolute Gasteiger partial charge is 0.255 e. The molecule has 0 N–H and O–H groups in total. The molecule has 1 aliphatic heterocycles. The van der Waals surface area contributed by atoms with Gasteiger partial charge >= 0.3 is 0 Å². The number of hydrogen-bond donors (Lipinski definition) is 0. The lowest BCUT2D eigenvalue weighted by Gasteiger charge is -2.24. The van der Waals surface area contributed by atoms with Crippen LogP contribution in [0.15, 0.2) is 29.2 Å². The molecule has 1 atom stereocenters. The standard InChI is InChI=1S/C13H14ClF2NOS/c14-5-6-17(8-12(15)16)13(18)11-7-9-3-1-2-4-10(9)19-11/h1-4,11-12H,5-8H2. The molecule has 1 unspecified atom stereocenters. The summed E-state index contributed by atoms with van der Waals surface area (Å²) < 4.78 is 24.9. The average Bonchev–Trinajstić information content (AvgIpc) is 2.80. The molecule has 0 saturated heterocycles. The van der Waals surface area contributed by atoms with E-state index in [2.05, 4.69) is 0 Å². The van der Waals surface area contributed by atoms with Gasteiger partial charge in [0, 0.05) is 17.3 Å². The van der Waals surface area contributed by atoms with Crippen molar-refractivity contribution in [2.45, 2.75) is 23.0 Å². The summed E-state index contributed by atoms with van der Waals surface area (Å²) >= 11 is 7.02. The van der Waals surface area contributed by atoms with E-state index >= 15 is 0 Å². The van der Waals surface area contributed by atoms with Gasteiger partial charge in [-0.1, -0.05) is 18.2 Å². The molecule has 0 spiro atoms. The van der Waals surface area contributed by atoms with Gasteiger partial charge in [-0.05, 0) is 18.1 Å². The lowest BCUT2D eigenvalue weighted by molar-refractivity contribution is -0.132. The molecule has 2 rings (SSSR count). The highest BCUT2D eigenvalue weighted by Gasteiger charge is 2.32. The van der Waals surface area contributed by atoms with Crippen molar-refractivity contribution in [3.63, 3.8) is 0 Å². The molecule has 0 aliphatic carbocycles. The van der Waals surface area contributed by atoms with Crippen molar-refractivity contribution in [3.8, 4) is 0 Å². The number of hydrogen-bond acceptors (Lipinski definition) is 2. The van der Waals surface area contributed by atoms with E-state index in [1.807, 2.05) is 24.3 Å². The largest absolute Gasteiger partial charge is 0.335 e. The molecule has 1 heterocycles. The van der Waals surface area contributed by atoms with E-state index in [1.54, 1.807) is 0 Å². The highest BCUT2D eigenvalue weighted by Crippen LogP contribution is 2.37. The van der Waals surface area contributed by atoms with Gasteiger partial charge < -0.3 is 4.90 Å². The number of nitrogens with zero attached hydrogens (tertiary/aromatic N) is 1. The van der Waals surface area contributed by atoms with Gasteiger partial charge in [0.15, 0.2) is 0 Å². The maximum atomic E-state index is 12.5. The van der Waals surface area contributed by atoms with Crippen molar-refractivity contribution in [2.75, 3.05) is 19.0 Å². The van der Waals surface area contributed by atoms with Crippen molar-refractivity contribution in [2.24, 2.45) is 0 Å². The number of rotatable bonds is 5. The topological polar surface area (TPSA) is 20.3 Å². The zero-order valence-corrected chi connectivity index (χ0v) is 11.8. The summed E-state index contributed by atoms with van der Waals surface area (Å²) in [6.45, 7) is -0.378. The van der Waals surface area contributed by atoms with E-state index in [0.29, 0.717) is 6.42 Å². The van der Waals surface area contributed by atoms with Gasteiger partial charge in [0.2, 0.25) is 5.91 Å². The Morgan fingerprint density at radius 1 is 1.47 bits per heavy atom. The predicted octanol–water partition coefficient (Wildman–Crippen LogP) is 3.04. The summed E-state index contributed by atoms with van der Waals surface area (Å²) in [5.74, 6) is -0.0786. The average molecular weight is 306 g/mol. The van der Waals surface area contributed by atoms with E-state index in [0.717, 1.165) is 10.5 Å². The van der Waals surface area contributed by atoms with E-state index in [4.69, 9.17) is 11.6 Å². The van der Waals surface area contributed by atoms with Crippen molar-refractivity contribution in [3.05, 3.63) is 29.8 Å². The lowest BCUT2D eigenvalue weighted by atomic mass is 10.1. The number of carbonyl (C=O) groups is 1. The first kappa shape index (κ1) is 14.6. The Hall–Kier alpha value is -0.810. The molecule has 0 aromatic heterocycles. The Morgan fingerprint density at radius 2 is 2.21 bits per heavy atom. The SMILES string of the molecule is O=C(C1Cc2ccccc2S1)N(CCCl)CC(F)F. The molecular weight excluding hydrogens is 292 g/mol. The molecule has 0 radical (unpaired) electrons. The minimum atomic E-state index is -2.53. The predicted molar refractivity (Wildman–Crippen MR) is 73.1 cm³/mol. The highest BCUT2D eigenvalue weighted by molar-refractivity contribution is 8.01. The summed E-state index contributed by atoms with van der Waals surface area (Å²) in [5, 5.41) is -0.306. The van der Waals surface area contributed by atoms with Crippen LogP contribution in [0.5, 0.6) is 0 Å². The van der Waals surface area contributed by atoms with Crippen LogP contribution in [0.1, 0.15) is 5.56 Å². The van der Waals surface area contributed by atoms with Crippen molar-refractivity contribution in [1.29, 1.82) is 0 Å². The van der Waals surface area contributed by atoms with Gasteiger partial charge in [-0.15, -0.1) is 23.4 Å². The minimum Gasteiger partial charge on any atom is -0.335 e. The number of alkyl halides is 3. The van der Waals surface area contributed by atoms with Gasteiger partial charge in [0.25, 0.3) is 6.43 Å². The second kappa shape index (κ2) is 6.57. The number of fused-ring (bicyclic) bond motifs is 1. The van der Waals surface area contributed by atoms with Crippen LogP contribution < -0.4 is 0 Å². The molecule has 1 aliphatic rings. The third-order valence-corrected chi connectivity index (χ3v) is 4.42. The van der Waals surface area contributed by atoms with Gasteiger partial charge in [-0.3, -0.25) is 4.79 Å². The third kappa shape index (κ3) is 3.60. The fourth-order valence-electron chi connectivity index (χ4n) is 2.08. The Labute approximate surface area is 120 Å². The summed E-state index contributed by atoms with van der Waals surface area (Å²) in [6, 6.07) is 7.75. The number of carbonyl (C=O) groups excluding carboxylic acids is 1. The second-order valence-corrected chi connectivity index (χ2v) is 5.91. The van der Waals surface area contributed by atoms with Crippen LogP contribution in [0.4, 0.5) is 8.78 Å². The lowest BCUT2D eigenvalue weighted by Crippen LogP contribution is -2.41. The van der Waals surface area contributed by atoms with E-state index in [1.165, 1.54) is 16.7 Å². The first-order valence-corrected chi connectivity index (χ1v) is 7.40. The third-order valence-electron chi connectivity index (χ3n) is 2.95. The van der Waals surface area contributed by atoms with E-state index in [-0.39, 0.29) is 23.6 Å². The second-order valence-electron chi connectivity index (χ2n) is 4.28. The van der Waals surface area contributed by atoms with E-state index in [9.17, 15) is 13.6 Å². The van der Waals surface area contributed by atoms with Crippen LogP contribution in [-0.4, -0.2) is 41.5 Å². The molecule has 1 aromatic carbocycles. The fraction of sp³-hybridized carbons (Fsp3) is 0.462. The van der Waals surface area contributed by atoms with Crippen LogP contribution >= 0.6 is 23.4 Å². The van der Waals surface area contributed by atoms with Crippen molar-refractivity contribution >= 4 is 29.3 Å². The molecule has 6 heteroatoms. The van der Waals surface area contributed by atoms with Gasteiger partial charge in [-0.2, -0.15) is 0 Å². The van der Waals surface area contributed by atoms with Crippen molar-refractivity contribution < 1.29 is 13.6 Å². The normalized spacial score (nSPS) is 17.6. The number of amides is 1. The maximum Gasteiger partial charge on any atom is 0.255 e. The Morgan fingerprint density at radius 3 is 2.84 bits per heavy atom. The van der Waals surface area contributed by atoms with Crippen LogP contribution in [0.2, 0.25) is 0 Å². The molecule has 0 saturated carbocycles. The summed E-state index contributed by atoms with van der Waals surface area (Å²) in [4.78, 5) is 14.5. The van der Waals surface area contributed by atoms with Gasteiger partial charge in [0.1, 0.15) is 0 Å². The minimum absolute atomic E-state index is 0.165. The fourth-order valence-corrected chi connectivity index (χ4v) is 3.57. The summed E-state index contributed by atoms with van der Waals surface area (Å²) in [7, 11) is 0. The van der Waals surface area contributed by atoms with Gasteiger partial charge in [-0.25, -0.2) is 8.78 Å². The zero-order chi connectivity index (χ0) is 13.8. The van der Waals surface area contributed by atoms with Crippen LogP contribution in [0.3, 0.4) is 0 Å². The molecule has 1 amide bonds. The number of benzene rings is 1. The molecule has 19 heavy (non-hydrogen) atoms. The Balaban J connectivity index is 2.04. The Kier molecular flexibility index (Phi) is 5.05. The van der Waals surface area contributed by atoms with Crippen LogP contribution in [-0.2, 0) is 11.2 Å². The highest BCUT2D eigenvalue weighted by atomic mass is 35.5.